The molecular weight excluding hydrogens is 264 g/mol. The van der Waals surface area contributed by atoms with Crippen molar-refractivity contribution in [3.05, 3.63) is 0 Å². The highest BCUT2D eigenvalue weighted by atomic mass is 16.6. The van der Waals surface area contributed by atoms with Crippen LogP contribution in [-0.4, -0.2) is 49.2 Å². The first-order valence-corrected chi connectivity index (χ1v) is 6.41. The molecule has 2 N–H and O–H groups in total. The molecule has 0 aromatic heterocycles. The second kappa shape index (κ2) is 7.84. The Bertz CT molecular complexity index is 351. The maximum absolute atomic E-state index is 11.3. The normalized spacial score (nSPS) is 14.1. The molecule has 0 rings (SSSR count). The predicted molar refractivity (Wildman–Crippen MR) is 73.3 cm³/mol. The zero-order valence-electron chi connectivity index (χ0n) is 12.7. The molecule has 0 radical (unpaired) electrons. The van der Waals surface area contributed by atoms with Crippen LogP contribution in [-0.2, 0) is 19.1 Å². The molecule has 20 heavy (non-hydrogen) atoms. The Kier molecular flexibility index (Phi) is 7.20. The molecule has 1 unspecified atom stereocenters. The molecule has 0 saturated heterocycles. The number of aldehydes is 1. The Morgan fingerprint density at radius 1 is 1.10 bits per heavy atom. The summed E-state index contributed by atoms with van der Waals surface area (Å²) in [5.41, 5.74) is -1.74. The summed E-state index contributed by atoms with van der Waals surface area (Å²) in [5, 5.41) is 5.49. The average molecular weight is 288 g/mol. The highest BCUT2D eigenvalue weighted by molar-refractivity contribution is 5.72. The first kappa shape index (κ1) is 18.4. The molecule has 0 aliphatic rings. The maximum Gasteiger partial charge on any atom is 0.407 e. The molecule has 7 nitrogen and oxygen atoms in total. The van der Waals surface area contributed by atoms with Gasteiger partial charge in [0.2, 0.25) is 0 Å². The van der Waals surface area contributed by atoms with Crippen molar-refractivity contribution in [2.24, 2.45) is 0 Å². The molecule has 0 fully saturated rings. The van der Waals surface area contributed by atoms with Gasteiger partial charge in [-0.2, -0.15) is 0 Å². The van der Waals surface area contributed by atoms with Crippen LogP contribution in [0.4, 0.5) is 4.79 Å². The van der Waals surface area contributed by atoms with Crippen LogP contribution in [0.15, 0.2) is 0 Å². The summed E-state index contributed by atoms with van der Waals surface area (Å²) in [6, 6.07) is 0. The van der Waals surface area contributed by atoms with Crippen LogP contribution in [0.5, 0.6) is 0 Å². The predicted octanol–water partition coefficient (Wildman–Crippen LogP) is 0.621. The first-order valence-electron chi connectivity index (χ1n) is 6.41. The van der Waals surface area contributed by atoms with Crippen molar-refractivity contribution >= 4 is 18.3 Å². The number of hydrogen-bond donors (Lipinski definition) is 2. The monoisotopic (exact) mass is 288 g/mol. The van der Waals surface area contributed by atoms with E-state index in [9.17, 15) is 14.4 Å². The van der Waals surface area contributed by atoms with Gasteiger partial charge >= 0.3 is 12.1 Å². The van der Waals surface area contributed by atoms with E-state index in [4.69, 9.17) is 9.47 Å². The van der Waals surface area contributed by atoms with E-state index >= 15 is 0 Å². The highest BCUT2D eigenvalue weighted by Crippen LogP contribution is 2.06. The summed E-state index contributed by atoms with van der Waals surface area (Å²) in [4.78, 5) is 33.1. The van der Waals surface area contributed by atoms with E-state index < -0.39 is 23.3 Å². The molecule has 0 aromatic rings. The molecule has 0 heterocycles. The molecule has 1 atom stereocenters. The average Bonchev–Trinajstić information content (AvgIpc) is 2.25. The highest BCUT2D eigenvalue weighted by Gasteiger charge is 2.26. The molecule has 0 aromatic carbocycles. The summed E-state index contributed by atoms with van der Waals surface area (Å²) < 4.78 is 9.95. The molecule has 0 aliphatic carbocycles. The topological polar surface area (TPSA) is 93.7 Å². The number of alkyl carbamates (subject to hydrolysis) is 1. The molecular formula is C13H24N2O5. The molecule has 0 bridgehead atoms. The lowest BCUT2D eigenvalue weighted by Crippen LogP contribution is -2.45. The molecule has 0 spiro atoms. The van der Waals surface area contributed by atoms with Crippen molar-refractivity contribution in [1.82, 2.24) is 10.6 Å². The Hall–Kier alpha value is -1.63. The zero-order valence-corrected chi connectivity index (χ0v) is 12.7. The van der Waals surface area contributed by atoms with Crippen molar-refractivity contribution in [1.29, 1.82) is 0 Å². The number of hydrogen-bond acceptors (Lipinski definition) is 6. The van der Waals surface area contributed by atoms with Crippen LogP contribution in [0.1, 0.15) is 34.6 Å². The summed E-state index contributed by atoms with van der Waals surface area (Å²) in [5.74, 6) is -0.520. The van der Waals surface area contributed by atoms with Gasteiger partial charge in [-0.15, -0.1) is 0 Å². The van der Waals surface area contributed by atoms with Gasteiger partial charge in [0.15, 0.2) is 11.9 Å². The number of amides is 1. The van der Waals surface area contributed by atoms with Crippen molar-refractivity contribution < 1.29 is 23.9 Å². The van der Waals surface area contributed by atoms with Gasteiger partial charge < -0.3 is 20.1 Å². The van der Waals surface area contributed by atoms with E-state index in [1.807, 2.05) is 0 Å². The van der Waals surface area contributed by atoms with Crippen molar-refractivity contribution in [2.75, 3.05) is 19.6 Å². The minimum Gasteiger partial charge on any atom is -0.450 e. The summed E-state index contributed by atoms with van der Waals surface area (Å²) in [6.45, 7) is 9.01. The second-order valence-corrected chi connectivity index (χ2v) is 5.63. The number of rotatable bonds is 7. The molecule has 7 heteroatoms. The van der Waals surface area contributed by atoms with Crippen LogP contribution < -0.4 is 10.6 Å². The lowest BCUT2D eigenvalue weighted by atomic mass is 10.1. The zero-order chi connectivity index (χ0) is 15.8. The van der Waals surface area contributed by atoms with E-state index in [0.717, 1.165) is 0 Å². The number of nitrogens with one attached hydrogen (secondary N) is 2. The van der Waals surface area contributed by atoms with Crippen LogP contribution >= 0.6 is 0 Å². The summed E-state index contributed by atoms with van der Waals surface area (Å²) >= 11 is 0. The fraction of sp³-hybridized carbons (Fsp3) is 0.769. The third-order valence-electron chi connectivity index (χ3n) is 2.07. The smallest absolute Gasteiger partial charge is 0.407 e. The third kappa shape index (κ3) is 9.32. The standard InChI is InChI=1S/C13H24N2O5/c1-10(17)19-13(5,9-16)8-14-6-7-15-11(18)20-12(2,3)4/h9,14H,6-8H2,1-5H3,(H,15,18). The van der Waals surface area contributed by atoms with Crippen molar-refractivity contribution in [2.45, 2.75) is 45.8 Å². The Morgan fingerprint density at radius 3 is 2.15 bits per heavy atom. The fourth-order valence-corrected chi connectivity index (χ4v) is 1.33. The van der Waals surface area contributed by atoms with Crippen LogP contribution in [0, 0.1) is 0 Å². The minimum absolute atomic E-state index is 0.173. The van der Waals surface area contributed by atoms with E-state index in [0.29, 0.717) is 19.4 Å². The summed E-state index contributed by atoms with van der Waals surface area (Å²) in [7, 11) is 0. The van der Waals surface area contributed by atoms with Crippen LogP contribution in [0.3, 0.4) is 0 Å². The fourth-order valence-electron chi connectivity index (χ4n) is 1.33. The number of ether oxygens (including phenoxy) is 2. The van der Waals surface area contributed by atoms with Gasteiger partial charge in [0.25, 0.3) is 0 Å². The number of carbonyl (C=O) groups is 3. The molecule has 0 saturated carbocycles. The lowest BCUT2D eigenvalue weighted by Gasteiger charge is -2.23. The van der Waals surface area contributed by atoms with E-state index in [2.05, 4.69) is 10.6 Å². The Balaban J connectivity index is 3.88. The van der Waals surface area contributed by atoms with Crippen molar-refractivity contribution in [3.8, 4) is 0 Å². The van der Waals surface area contributed by atoms with Crippen molar-refractivity contribution in [3.63, 3.8) is 0 Å². The van der Waals surface area contributed by atoms with Crippen LogP contribution in [0.2, 0.25) is 0 Å². The van der Waals surface area contributed by atoms with Gasteiger partial charge in [0.1, 0.15) is 5.60 Å². The quantitative estimate of drug-likeness (QED) is 0.405. The maximum atomic E-state index is 11.3. The Labute approximate surface area is 119 Å². The molecule has 0 aliphatic heterocycles. The lowest BCUT2D eigenvalue weighted by molar-refractivity contribution is -0.158. The van der Waals surface area contributed by atoms with E-state index in [1.54, 1.807) is 20.8 Å². The van der Waals surface area contributed by atoms with Gasteiger partial charge in [-0.1, -0.05) is 0 Å². The Morgan fingerprint density at radius 2 is 1.70 bits per heavy atom. The molecule has 1 amide bonds. The van der Waals surface area contributed by atoms with Gasteiger partial charge in [-0.05, 0) is 27.7 Å². The van der Waals surface area contributed by atoms with Crippen LogP contribution in [0.25, 0.3) is 0 Å². The number of carbonyl (C=O) groups excluding carboxylic acids is 3. The van der Waals surface area contributed by atoms with Gasteiger partial charge in [-0.3, -0.25) is 9.59 Å². The minimum atomic E-state index is -1.20. The molecule has 116 valence electrons. The summed E-state index contributed by atoms with van der Waals surface area (Å²) in [6.07, 6.45) is 0.0697. The third-order valence-corrected chi connectivity index (χ3v) is 2.07. The number of esters is 1. The van der Waals surface area contributed by atoms with Gasteiger partial charge in [-0.25, -0.2) is 4.79 Å². The van der Waals surface area contributed by atoms with Gasteiger partial charge in [0, 0.05) is 26.6 Å². The first-order chi connectivity index (χ1) is 9.08. The SMILES string of the molecule is CC(=O)OC(C)(C=O)CNCCNC(=O)OC(C)(C)C. The largest absolute Gasteiger partial charge is 0.450 e. The second-order valence-electron chi connectivity index (χ2n) is 5.63. The van der Waals surface area contributed by atoms with E-state index in [1.165, 1.54) is 13.8 Å². The van der Waals surface area contributed by atoms with E-state index in [-0.39, 0.29) is 6.54 Å². The van der Waals surface area contributed by atoms with Gasteiger partial charge in [0.05, 0.1) is 0 Å².